The van der Waals surface area contributed by atoms with Crippen LogP contribution in [0, 0.1) is 17.2 Å². The van der Waals surface area contributed by atoms with E-state index < -0.39 is 5.41 Å². The van der Waals surface area contributed by atoms with Gasteiger partial charge in [0.1, 0.15) is 5.41 Å². The topological polar surface area (TPSA) is 35.8 Å². The average Bonchev–Trinajstić information content (AvgIpc) is 2.59. The van der Waals surface area contributed by atoms with Gasteiger partial charge in [-0.1, -0.05) is 74.5 Å². The average molecular weight is 292 g/mol. The monoisotopic (exact) mass is 292 g/mol. The molecule has 2 unspecified atom stereocenters. The van der Waals surface area contributed by atoms with Gasteiger partial charge in [-0.2, -0.15) is 5.26 Å². The highest BCUT2D eigenvalue weighted by Crippen LogP contribution is 2.40. The number of hydrogen-bond acceptors (Lipinski definition) is 2. The van der Waals surface area contributed by atoms with Gasteiger partial charge in [0.2, 0.25) is 0 Å². The molecule has 2 nitrogen and oxygen atoms in total. The Bertz CT molecular complexity index is 570. The van der Waals surface area contributed by atoms with E-state index in [0.29, 0.717) is 0 Å². The standard InChI is InChI=1S/C20H24N2/c1-4-19(22-3)16(2)20(15-21,17-11-7-5-8-12-17)18-13-9-6-10-14-18/h5-14,16,19,22H,4H2,1-3H3. The molecule has 0 radical (unpaired) electrons. The Labute approximate surface area is 133 Å². The second-order valence-corrected chi connectivity index (χ2v) is 5.74. The van der Waals surface area contributed by atoms with E-state index in [2.05, 4.69) is 49.5 Å². The number of hydrogen-bond donors (Lipinski definition) is 1. The zero-order valence-electron chi connectivity index (χ0n) is 13.6. The summed E-state index contributed by atoms with van der Waals surface area (Å²) in [6.07, 6.45) is 0.987. The lowest BCUT2D eigenvalue weighted by atomic mass is 9.64. The fourth-order valence-corrected chi connectivity index (χ4v) is 3.43. The summed E-state index contributed by atoms with van der Waals surface area (Å²) < 4.78 is 0. The van der Waals surface area contributed by atoms with Crippen LogP contribution < -0.4 is 5.32 Å². The molecule has 2 aromatic rings. The van der Waals surface area contributed by atoms with E-state index in [9.17, 15) is 5.26 Å². The lowest BCUT2D eigenvalue weighted by molar-refractivity contribution is 0.309. The van der Waals surface area contributed by atoms with Crippen molar-refractivity contribution in [3.05, 3.63) is 71.8 Å². The quantitative estimate of drug-likeness (QED) is 0.869. The highest BCUT2D eigenvalue weighted by molar-refractivity contribution is 5.47. The predicted octanol–water partition coefficient (Wildman–Crippen LogP) is 4.13. The van der Waals surface area contributed by atoms with Crippen molar-refractivity contribution < 1.29 is 0 Å². The molecule has 2 aromatic carbocycles. The Kier molecular flexibility index (Phi) is 5.35. The van der Waals surface area contributed by atoms with E-state index in [1.807, 2.05) is 43.4 Å². The Hall–Kier alpha value is -2.11. The number of benzene rings is 2. The van der Waals surface area contributed by atoms with Gasteiger partial charge in [0.05, 0.1) is 6.07 Å². The molecule has 0 aliphatic carbocycles. The number of rotatable bonds is 6. The van der Waals surface area contributed by atoms with Crippen LogP contribution in [0.3, 0.4) is 0 Å². The molecule has 0 bridgehead atoms. The summed E-state index contributed by atoms with van der Waals surface area (Å²) in [5, 5.41) is 13.6. The normalized spacial score (nSPS) is 14.1. The largest absolute Gasteiger partial charge is 0.317 e. The first-order chi connectivity index (χ1) is 10.7. The van der Waals surface area contributed by atoms with Crippen LogP contribution in [-0.2, 0) is 5.41 Å². The van der Waals surface area contributed by atoms with Gasteiger partial charge >= 0.3 is 0 Å². The summed E-state index contributed by atoms with van der Waals surface area (Å²) in [5.74, 6) is 0.150. The Balaban J connectivity index is 2.66. The van der Waals surface area contributed by atoms with Gasteiger partial charge in [-0.15, -0.1) is 0 Å². The number of nitrogens with one attached hydrogen (secondary N) is 1. The zero-order valence-corrected chi connectivity index (χ0v) is 13.6. The van der Waals surface area contributed by atoms with Crippen LogP contribution in [0.1, 0.15) is 31.4 Å². The van der Waals surface area contributed by atoms with Gasteiger partial charge in [0.25, 0.3) is 0 Å². The minimum atomic E-state index is -0.647. The van der Waals surface area contributed by atoms with Crippen LogP contribution in [0.4, 0.5) is 0 Å². The molecule has 0 saturated heterocycles. The van der Waals surface area contributed by atoms with Gasteiger partial charge in [-0.3, -0.25) is 0 Å². The smallest absolute Gasteiger partial charge is 0.111 e. The third-order valence-electron chi connectivity index (χ3n) is 4.73. The maximum absolute atomic E-state index is 10.2. The van der Waals surface area contributed by atoms with E-state index in [0.717, 1.165) is 17.5 Å². The summed E-state index contributed by atoms with van der Waals surface area (Å²) in [7, 11) is 1.97. The molecular formula is C20H24N2. The van der Waals surface area contributed by atoms with Crippen molar-refractivity contribution in [2.24, 2.45) is 5.92 Å². The molecule has 2 heteroatoms. The summed E-state index contributed by atoms with van der Waals surface area (Å²) in [6, 6.07) is 23.2. The minimum absolute atomic E-state index is 0.150. The molecular weight excluding hydrogens is 268 g/mol. The Morgan fingerprint density at radius 2 is 1.45 bits per heavy atom. The van der Waals surface area contributed by atoms with Gasteiger partial charge in [0.15, 0.2) is 0 Å². The van der Waals surface area contributed by atoms with Gasteiger partial charge < -0.3 is 5.32 Å². The van der Waals surface area contributed by atoms with Crippen molar-refractivity contribution >= 4 is 0 Å². The maximum Gasteiger partial charge on any atom is 0.111 e. The van der Waals surface area contributed by atoms with E-state index in [4.69, 9.17) is 0 Å². The van der Waals surface area contributed by atoms with Crippen LogP contribution in [0.25, 0.3) is 0 Å². The molecule has 2 atom stereocenters. The maximum atomic E-state index is 10.2. The molecule has 22 heavy (non-hydrogen) atoms. The Morgan fingerprint density at radius 1 is 1.00 bits per heavy atom. The molecule has 2 rings (SSSR count). The molecule has 0 saturated carbocycles. The van der Waals surface area contributed by atoms with E-state index >= 15 is 0 Å². The zero-order chi connectivity index (χ0) is 16.0. The summed E-state index contributed by atoms with van der Waals surface area (Å²) in [4.78, 5) is 0. The molecule has 0 amide bonds. The van der Waals surface area contributed by atoms with Crippen molar-refractivity contribution in [3.63, 3.8) is 0 Å². The summed E-state index contributed by atoms with van der Waals surface area (Å²) >= 11 is 0. The molecule has 0 aromatic heterocycles. The predicted molar refractivity (Wildman–Crippen MR) is 91.6 cm³/mol. The highest BCUT2D eigenvalue weighted by atomic mass is 14.9. The summed E-state index contributed by atoms with van der Waals surface area (Å²) in [5.41, 5.74) is 1.47. The van der Waals surface area contributed by atoms with E-state index in [1.165, 1.54) is 0 Å². The van der Waals surface area contributed by atoms with E-state index in [-0.39, 0.29) is 12.0 Å². The Morgan fingerprint density at radius 3 is 1.77 bits per heavy atom. The van der Waals surface area contributed by atoms with Gasteiger partial charge in [-0.25, -0.2) is 0 Å². The number of nitrogens with zero attached hydrogens (tertiary/aromatic N) is 1. The van der Waals surface area contributed by atoms with Crippen molar-refractivity contribution in [1.82, 2.24) is 5.32 Å². The van der Waals surface area contributed by atoms with Crippen LogP contribution >= 0.6 is 0 Å². The van der Waals surface area contributed by atoms with Gasteiger partial charge in [0, 0.05) is 6.04 Å². The number of nitriles is 1. The lowest BCUT2D eigenvalue weighted by Gasteiger charge is -2.38. The lowest BCUT2D eigenvalue weighted by Crippen LogP contribution is -2.45. The van der Waals surface area contributed by atoms with Crippen molar-refractivity contribution in [2.45, 2.75) is 31.7 Å². The van der Waals surface area contributed by atoms with Crippen molar-refractivity contribution in [3.8, 4) is 6.07 Å². The van der Waals surface area contributed by atoms with Crippen LogP contribution in [0.5, 0.6) is 0 Å². The van der Waals surface area contributed by atoms with Gasteiger partial charge in [-0.05, 0) is 30.5 Å². The second-order valence-electron chi connectivity index (χ2n) is 5.74. The summed E-state index contributed by atoms with van der Waals surface area (Å²) in [6.45, 7) is 4.34. The third-order valence-corrected chi connectivity index (χ3v) is 4.73. The first kappa shape index (κ1) is 16.3. The first-order valence-corrected chi connectivity index (χ1v) is 7.90. The molecule has 0 heterocycles. The van der Waals surface area contributed by atoms with Crippen molar-refractivity contribution in [1.29, 1.82) is 5.26 Å². The minimum Gasteiger partial charge on any atom is -0.317 e. The van der Waals surface area contributed by atoms with Crippen LogP contribution in [0.2, 0.25) is 0 Å². The molecule has 114 valence electrons. The van der Waals surface area contributed by atoms with Crippen LogP contribution in [-0.4, -0.2) is 13.1 Å². The van der Waals surface area contributed by atoms with Crippen molar-refractivity contribution in [2.75, 3.05) is 7.05 Å². The van der Waals surface area contributed by atoms with E-state index in [1.54, 1.807) is 0 Å². The first-order valence-electron chi connectivity index (χ1n) is 7.90. The highest BCUT2D eigenvalue weighted by Gasteiger charge is 2.42. The SMILES string of the molecule is CCC(NC)C(C)C(C#N)(c1ccccc1)c1ccccc1. The fraction of sp³-hybridized carbons (Fsp3) is 0.350. The molecule has 1 N–H and O–H groups in total. The molecule has 0 fully saturated rings. The van der Waals surface area contributed by atoms with Crippen LogP contribution in [0.15, 0.2) is 60.7 Å². The third kappa shape index (κ3) is 2.77. The fourth-order valence-electron chi connectivity index (χ4n) is 3.43. The second kappa shape index (κ2) is 7.24. The molecule has 0 spiro atoms. The molecule has 0 aliphatic rings. The molecule has 0 aliphatic heterocycles.